The van der Waals surface area contributed by atoms with E-state index in [1.54, 1.807) is 0 Å². The summed E-state index contributed by atoms with van der Waals surface area (Å²) in [7, 11) is 0. The molecule has 0 amide bonds. The maximum absolute atomic E-state index is 13.3. The molecule has 0 radical (unpaired) electrons. The van der Waals surface area contributed by atoms with Gasteiger partial charge in [-0.25, -0.2) is 9.89 Å². The molecule has 172 valence electrons. The Labute approximate surface area is 193 Å². The first-order chi connectivity index (χ1) is 16.0. The highest BCUT2D eigenvalue weighted by Crippen LogP contribution is 2.28. The fourth-order valence-corrected chi connectivity index (χ4v) is 4.17. The summed E-state index contributed by atoms with van der Waals surface area (Å²) in [6.07, 6.45) is 4.74. The monoisotopic (exact) mass is 445 g/mol. The second-order valence-corrected chi connectivity index (χ2v) is 8.83. The van der Waals surface area contributed by atoms with Crippen LogP contribution in [0.5, 0.6) is 0 Å². The van der Waals surface area contributed by atoms with E-state index in [1.807, 2.05) is 51.7 Å². The lowest BCUT2D eigenvalue weighted by Gasteiger charge is -2.09. The van der Waals surface area contributed by atoms with Crippen molar-refractivity contribution in [3.05, 3.63) is 70.0 Å². The number of pyridine rings is 1. The number of aromatic nitrogens is 7. The summed E-state index contributed by atoms with van der Waals surface area (Å²) in [5.74, 6) is 1.16. The molecule has 4 rings (SSSR count). The van der Waals surface area contributed by atoms with Gasteiger partial charge in [-0.1, -0.05) is 57.5 Å². The van der Waals surface area contributed by atoms with Gasteiger partial charge in [0.15, 0.2) is 5.82 Å². The number of tetrazole rings is 1. The van der Waals surface area contributed by atoms with Gasteiger partial charge in [0, 0.05) is 35.3 Å². The predicted molar refractivity (Wildman–Crippen MR) is 129 cm³/mol. The average molecular weight is 446 g/mol. The molecule has 4 aromatic rings. The average Bonchev–Trinajstić information content (AvgIpc) is 3.42. The van der Waals surface area contributed by atoms with Crippen LogP contribution >= 0.6 is 0 Å². The van der Waals surface area contributed by atoms with Crippen LogP contribution in [0.4, 0.5) is 0 Å². The molecule has 1 aromatic carbocycles. The predicted octanol–water partition coefficient (Wildman–Crippen LogP) is 4.25. The number of benzene rings is 1. The molecule has 0 unspecified atom stereocenters. The minimum absolute atomic E-state index is 0.0730. The van der Waals surface area contributed by atoms with Crippen molar-refractivity contribution in [2.45, 2.75) is 60.0 Å². The highest BCUT2D eigenvalue weighted by atomic mass is 16.1. The van der Waals surface area contributed by atoms with Crippen molar-refractivity contribution in [1.29, 1.82) is 0 Å². The molecule has 0 aliphatic heterocycles. The lowest BCUT2D eigenvalue weighted by atomic mass is 10.0. The van der Waals surface area contributed by atoms with Crippen LogP contribution in [-0.4, -0.2) is 34.7 Å². The van der Waals surface area contributed by atoms with Gasteiger partial charge in [0.25, 0.3) is 0 Å². The van der Waals surface area contributed by atoms with Gasteiger partial charge >= 0.3 is 5.69 Å². The lowest BCUT2D eigenvalue weighted by Crippen LogP contribution is -2.26. The van der Waals surface area contributed by atoms with Crippen LogP contribution in [0.2, 0.25) is 0 Å². The summed E-state index contributed by atoms with van der Waals surface area (Å²) in [6, 6.07) is 11.9. The number of hydrogen-bond donors (Lipinski definition) is 1. The highest BCUT2D eigenvalue weighted by molar-refractivity contribution is 5.78. The molecule has 0 saturated carbocycles. The standard InChI is InChI=1S/C25H31N7O/c1-5-8-23-18(4)31(14-13-17(2)3)25(33)32(23)16-19-11-12-22(26-15-19)20-9-6-7-10-21(20)24-27-29-30-28-24/h6-7,9-12,15,17H,5,8,13-14,16H2,1-4H3,(H,27,28,29,30). The number of nitrogens with zero attached hydrogens (tertiary/aromatic N) is 6. The Kier molecular flexibility index (Phi) is 6.82. The quantitative estimate of drug-likeness (QED) is 0.416. The SMILES string of the molecule is CCCc1c(C)n(CCC(C)C)c(=O)n1Cc1ccc(-c2ccccc2-c2nnn[nH]2)nc1. The van der Waals surface area contributed by atoms with Gasteiger partial charge in [-0.2, -0.15) is 0 Å². The zero-order valence-electron chi connectivity index (χ0n) is 19.7. The van der Waals surface area contributed by atoms with E-state index in [-0.39, 0.29) is 5.69 Å². The Hall–Kier alpha value is -3.55. The molecule has 1 N–H and O–H groups in total. The highest BCUT2D eigenvalue weighted by Gasteiger charge is 2.17. The number of H-pyrrole nitrogens is 1. The largest absolute Gasteiger partial charge is 0.328 e. The van der Waals surface area contributed by atoms with Crippen molar-refractivity contribution < 1.29 is 0 Å². The first-order valence-corrected chi connectivity index (χ1v) is 11.6. The molecule has 0 aliphatic rings. The normalized spacial score (nSPS) is 11.4. The molecule has 8 nitrogen and oxygen atoms in total. The molecule has 3 aromatic heterocycles. The van der Waals surface area contributed by atoms with E-state index in [1.165, 1.54) is 0 Å². The van der Waals surface area contributed by atoms with Crippen molar-refractivity contribution in [3.63, 3.8) is 0 Å². The molecular weight excluding hydrogens is 414 g/mol. The van der Waals surface area contributed by atoms with Crippen molar-refractivity contribution in [2.75, 3.05) is 0 Å². The third-order valence-electron chi connectivity index (χ3n) is 6.00. The van der Waals surface area contributed by atoms with Gasteiger partial charge in [-0.05, 0) is 47.7 Å². The summed E-state index contributed by atoms with van der Waals surface area (Å²) in [4.78, 5) is 18.0. The lowest BCUT2D eigenvalue weighted by molar-refractivity contribution is 0.498. The molecular formula is C25H31N7O. The minimum Gasteiger partial charge on any atom is -0.296 e. The molecule has 3 heterocycles. The second kappa shape index (κ2) is 9.94. The molecule has 0 bridgehead atoms. The first kappa shape index (κ1) is 22.6. The molecule has 0 aliphatic carbocycles. The van der Waals surface area contributed by atoms with E-state index in [9.17, 15) is 4.79 Å². The molecule has 8 heteroatoms. The Morgan fingerprint density at radius 3 is 2.48 bits per heavy atom. The van der Waals surface area contributed by atoms with Crippen LogP contribution in [0.1, 0.15) is 50.6 Å². The van der Waals surface area contributed by atoms with E-state index >= 15 is 0 Å². The Morgan fingerprint density at radius 1 is 1.06 bits per heavy atom. The van der Waals surface area contributed by atoms with E-state index < -0.39 is 0 Å². The van der Waals surface area contributed by atoms with Crippen molar-refractivity contribution in [3.8, 4) is 22.6 Å². The van der Waals surface area contributed by atoms with Crippen LogP contribution in [0, 0.1) is 12.8 Å². The molecule has 0 fully saturated rings. The van der Waals surface area contributed by atoms with E-state index in [0.29, 0.717) is 18.3 Å². The molecule has 0 saturated heterocycles. The van der Waals surface area contributed by atoms with E-state index in [2.05, 4.69) is 48.3 Å². The number of nitrogens with one attached hydrogen (secondary N) is 1. The zero-order chi connectivity index (χ0) is 23.4. The smallest absolute Gasteiger partial charge is 0.296 e. The zero-order valence-corrected chi connectivity index (χ0v) is 19.7. The second-order valence-electron chi connectivity index (χ2n) is 8.83. The molecule has 33 heavy (non-hydrogen) atoms. The third kappa shape index (κ3) is 4.79. The van der Waals surface area contributed by atoms with E-state index in [0.717, 1.165) is 59.6 Å². The van der Waals surface area contributed by atoms with Gasteiger partial charge in [-0.15, -0.1) is 5.10 Å². The maximum atomic E-state index is 13.3. The number of rotatable bonds is 9. The fraction of sp³-hybridized carbons (Fsp3) is 0.400. The van der Waals surface area contributed by atoms with E-state index in [4.69, 9.17) is 4.98 Å². The van der Waals surface area contributed by atoms with Crippen molar-refractivity contribution >= 4 is 0 Å². The van der Waals surface area contributed by atoms with Crippen LogP contribution in [0.15, 0.2) is 47.4 Å². The Balaban J connectivity index is 1.63. The summed E-state index contributed by atoms with van der Waals surface area (Å²) in [6.45, 7) is 9.88. The first-order valence-electron chi connectivity index (χ1n) is 11.6. The van der Waals surface area contributed by atoms with Gasteiger partial charge in [0.2, 0.25) is 0 Å². The van der Waals surface area contributed by atoms with Crippen molar-refractivity contribution in [1.82, 2.24) is 34.7 Å². The van der Waals surface area contributed by atoms with Crippen LogP contribution in [0.3, 0.4) is 0 Å². The van der Waals surface area contributed by atoms with Gasteiger partial charge in [0.05, 0.1) is 12.2 Å². The maximum Gasteiger partial charge on any atom is 0.328 e. The molecule has 0 atom stereocenters. The van der Waals surface area contributed by atoms with Crippen LogP contribution in [-0.2, 0) is 19.5 Å². The fourth-order valence-electron chi connectivity index (χ4n) is 4.17. The minimum atomic E-state index is 0.0730. The number of hydrogen-bond acceptors (Lipinski definition) is 5. The number of aromatic amines is 1. The summed E-state index contributed by atoms with van der Waals surface area (Å²) in [5.41, 5.74) is 5.95. The topological polar surface area (TPSA) is 94.3 Å². The number of imidazole rings is 1. The van der Waals surface area contributed by atoms with Crippen LogP contribution < -0.4 is 5.69 Å². The Morgan fingerprint density at radius 2 is 1.85 bits per heavy atom. The summed E-state index contributed by atoms with van der Waals surface area (Å²) >= 11 is 0. The third-order valence-corrected chi connectivity index (χ3v) is 6.00. The summed E-state index contributed by atoms with van der Waals surface area (Å²) in [5, 5.41) is 14.2. The van der Waals surface area contributed by atoms with Gasteiger partial charge in [0.1, 0.15) is 0 Å². The van der Waals surface area contributed by atoms with Gasteiger partial charge < -0.3 is 0 Å². The summed E-state index contributed by atoms with van der Waals surface area (Å²) < 4.78 is 3.86. The molecule has 0 spiro atoms. The van der Waals surface area contributed by atoms with Crippen LogP contribution in [0.25, 0.3) is 22.6 Å². The van der Waals surface area contributed by atoms with Crippen molar-refractivity contribution in [2.24, 2.45) is 5.92 Å². The van der Waals surface area contributed by atoms with Gasteiger partial charge in [-0.3, -0.25) is 14.1 Å². The Bertz CT molecular complexity index is 1250.